The van der Waals surface area contributed by atoms with Gasteiger partial charge in [0.1, 0.15) is 5.75 Å². The van der Waals surface area contributed by atoms with Crippen LogP contribution in [0.25, 0.3) is 0 Å². The van der Waals surface area contributed by atoms with Crippen LogP contribution < -0.4 is 10.1 Å². The summed E-state index contributed by atoms with van der Waals surface area (Å²) in [5.41, 5.74) is 2.47. The maximum Gasteiger partial charge on any atom is 0.253 e. The summed E-state index contributed by atoms with van der Waals surface area (Å²) in [5, 5.41) is 2.88. The summed E-state index contributed by atoms with van der Waals surface area (Å²) >= 11 is 0. The number of likely N-dealkylation sites (tertiary alicyclic amines) is 1. The number of piperidine rings is 1. The second-order valence-corrected chi connectivity index (χ2v) is 8.09. The summed E-state index contributed by atoms with van der Waals surface area (Å²) in [5.74, 6) is 1.07. The van der Waals surface area contributed by atoms with Gasteiger partial charge in [-0.3, -0.25) is 9.59 Å². The molecule has 1 aliphatic heterocycles. The maximum absolute atomic E-state index is 12.8. The van der Waals surface area contributed by atoms with Gasteiger partial charge in [0.15, 0.2) is 0 Å². The van der Waals surface area contributed by atoms with E-state index in [0.29, 0.717) is 24.6 Å². The van der Waals surface area contributed by atoms with E-state index in [1.54, 1.807) is 12.1 Å². The van der Waals surface area contributed by atoms with Gasteiger partial charge < -0.3 is 15.0 Å². The molecule has 5 nitrogen and oxygen atoms in total. The Morgan fingerprint density at radius 3 is 2.59 bits per heavy atom. The molecule has 29 heavy (non-hydrogen) atoms. The van der Waals surface area contributed by atoms with E-state index in [2.05, 4.69) is 5.32 Å². The molecule has 5 heteroatoms. The number of benzene rings is 2. The predicted octanol–water partition coefficient (Wildman–Crippen LogP) is 4.06. The Morgan fingerprint density at radius 2 is 1.90 bits per heavy atom. The third-order valence-electron chi connectivity index (χ3n) is 5.09. The normalized spacial score (nSPS) is 16.6. The molecule has 1 atom stereocenters. The first-order valence-corrected chi connectivity index (χ1v) is 10.3. The highest BCUT2D eigenvalue weighted by molar-refractivity contribution is 5.95. The first kappa shape index (κ1) is 20.9. The SMILES string of the molecule is Cc1cccc(C(=O)N2CCC[C@@H](COc3ccc(C(=O)NC(C)C)cc3)C2)c1. The molecular formula is C24H30N2O3. The lowest BCUT2D eigenvalue weighted by Gasteiger charge is -2.32. The molecular weight excluding hydrogens is 364 g/mol. The first-order valence-electron chi connectivity index (χ1n) is 10.3. The highest BCUT2D eigenvalue weighted by atomic mass is 16.5. The van der Waals surface area contributed by atoms with E-state index < -0.39 is 0 Å². The molecule has 2 aromatic carbocycles. The molecule has 2 aromatic rings. The Morgan fingerprint density at radius 1 is 1.14 bits per heavy atom. The van der Waals surface area contributed by atoms with Crippen LogP contribution in [0, 0.1) is 12.8 Å². The van der Waals surface area contributed by atoms with Crippen LogP contribution in [-0.2, 0) is 0 Å². The van der Waals surface area contributed by atoms with Crippen molar-refractivity contribution in [2.24, 2.45) is 5.92 Å². The molecule has 0 unspecified atom stereocenters. The summed E-state index contributed by atoms with van der Waals surface area (Å²) in [7, 11) is 0. The molecule has 1 saturated heterocycles. The fourth-order valence-corrected chi connectivity index (χ4v) is 3.61. The number of carbonyl (C=O) groups is 2. The first-order chi connectivity index (χ1) is 13.9. The summed E-state index contributed by atoms with van der Waals surface area (Å²) in [6.07, 6.45) is 2.03. The Hall–Kier alpha value is -2.82. The molecule has 1 fully saturated rings. The fourth-order valence-electron chi connectivity index (χ4n) is 3.61. The van der Waals surface area contributed by atoms with Crippen LogP contribution in [0.5, 0.6) is 5.75 Å². The molecule has 0 saturated carbocycles. The number of hydrogen-bond acceptors (Lipinski definition) is 3. The highest BCUT2D eigenvalue weighted by Crippen LogP contribution is 2.21. The van der Waals surface area contributed by atoms with Crippen molar-refractivity contribution in [3.05, 3.63) is 65.2 Å². The van der Waals surface area contributed by atoms with Crippen molar-refractivity contribution < 1.29 is 14.3 Å². The maximum atomic E-state index is 12.8. The lowest BCUT2D eigenvalue weighted by atomic mass is 9.98. The Kier molecular flexibility index (Phi) is 6.91. The number of hydrogen-bond donors (Lipinski definition) is 1. The van der Waals surface area contributed by atoms with Crippen molar-refractivity contribution in [3.63, 3.8) is 0 Å². The van der Waals surface area contributed by atoms with Crippen LogP contribution in [0.15, 0.2) is 48.5 Å². The molecule has 0 aliphatic carbocycles. The number of aryl methyl sites for hydroxylation is 1. The van der Waals surface area contributed by atoms with Gasteiger partial charge >= 0.3 is 0 Å². The molecule has 2 amide bonds. The zero-order valence-electron chi connectivity index (χ0n) is 17.5. The smallest absolute Gasteiger partial charge is 0.253 e. The topological polar surface area (TPSA) is 58.6 Å². The Labute approximate surface area is 173 Å². The second kappa shape index (κ2) is 9.59. The van der Waals surface area contributed by atoms with Crippen molar-refractivity contribution >= 4 is 11.8 Å². The van der Waals surface area contributed by atoms with Crippen molar-refractivity contribution in [1.29, 1.82) is 0 Å². The quantitative estimate of drug-likeness (QED) is 0.804. The Bertz CT molecular complexity index is 845. The third kappa shape index (κ3) is 5.83. The minimum Gasteiger partial charge on any atom is -0.493 e. The van der Waals surface area contributed by atoms with Gasteiger partial charge in [0.05, 0.1) is 6.61 Å². The summed E-state index contributed by atoms with van der Waals surface area (Å²) in [6.45, 7) is 7.94. The Balaban J connectivity index is 1.53. The van der Waals surface area contributed by atoms with E-state index >= 15 is 0 Å². The number of amides is 2. The average Bonchev–Trinajstić information content (AvgIpc) is 2.72. The van der Waals surface area contributed by atoms with Crippen LogP contribution >= 0.6 is 0 Å². The lowest BCUT2D eigenvalue weighted by Crippen LogP contribution is -2.41. The van der Waals surface area contributed by atoms with Crippen LogP contribution in [0.3, 0.4) is 0 Å². The van der Waals surface area contributed by atoms with Crippen molar-refractivity contribution in [2.75, 3.05) is 19.7 Å². The van der Waals surface area contributed by atoms with Crippen molar-refractivity contribution in [2.45, 2.75) is 39.7 Å². The van der Waals surface area contributed by atoms with Crippen LogP contribution in [0.1, 0.15) is 53.0 Å². The van der Waals surface area contributed by atoms with Gasteiger partial charge in [-0.15, -0.1) is 0 Å². The minimum atomic E-state index is -0.0795. The van der Waals surface area contributed by atoms with Gasteiger partial charge in [0, 0.05) is 36.2 Å². The van der Waals surface area contributed by atoms with Gasteiger partial charge in [-0.1, -0.05) is 17.7 Å². The largest absolute Gasteiger partial charge is 0.493 e. The highest BCUT2D eigenvalue weighted by Gasteiger charge is 2.25. The number of ether oxygens (including phenoxy) is 1. The van der Waals surface area contributed by atoms with Crippen LogP contribution in [0.2, 0.25) is 0 Å². The summed E-state index contributed by atoms with van der Waals surface area (Å²) in [4.78, 5) is 26.8. The third-order valence-corrected chi connectivity index (χ3v) is 5.09. The standard InChI is InChI=1S/C24H30N2O3/c1-17(2)25-23(27)20-9-11-22(12-10-20)29-16-19-7-5-13-26(15-19)24(28)21-8-4-6-18(3)14-21/h4,6,8-12,14,17,19H,5,7,13,15-16H2,1-3H3,(H,25,27)/t19-/m1/s1. The molecule has 0 radical (unpaired) electrons. The van der Waals surface area contributed by atoms with E-state index in [9.17, 15) is 9.59 Å². The van der Waals surface area contributed by atoms with Crippen molar-refractivity contribution in [3.8, 4) is 5.75 Å². The number of rotatable bonds is 6. The molecule has 0 spiro atoms. The predicted molar refractivity (Wildman–Crippen MR) is 114 cm³/mol. The van der Waals surface area contributed by atoms with Crippen molar-refractivity contribution in [1.82, 2.24) is 10.2 Å². The van der Waals surface area contributed by atoms with Gasteiger partial charge in [-0.25, -0.2) is 0 Å². The van der Waals surface area contributed by atoms with E-state index in [-0.39, 0.29) is 17.9 Å². The summed E-state index contributed by atoms with van der Waals surface area (Å²) < 4.78 is 5.94. The number of nitrogens with zero attached hydrogens (tertiary/aromatic N) is 1. The van der Waals surface area contributed by atoms with Gasteiger partial charge in [0.2, 0.25) is 0 Å². The van der Waals surface area contributed by atoms with Crippen LogP contribution in [0.4, 0.5) is 0 Å². The van der Waals surface area contributed by atoms with E-state index in [1.165, 1.54) is 0 Å². The number of carbonyl (C=O) groups excluding carboxylic acids is 2. The lowest BCUT2D eigenvalue weighted by molar-refractivity contribution is 0.0633. The molecule has 154 valence electrons. The van der Waals surface area contributed by atoms with Gasteiger partial charge in [-0.2, -0.15) is 0 Å². The summed E-state index contributed by atoms with van der Waals surface area (Å²) in [6, 6.07) is 15.1. The minimum absolute atomic E-state index is 0.0795. The molecule has 1 N–H and O–H groups in total. The molecule has 0 aromatic heterocycles. The van der Waals surface area contributed by atoms with E-state index in [4.69, 9.17) is 4.74 Å². The van der Waals surface area contributed by atoms with Crippen LogP contribution in [-0.4, -0.2) is 42.5 Å². The molecule has 1 heterocycles. The second-order valence-electron chi connectivity index (χ2n) is 8.09. The average molecular weight is 395 g/mol. The molecule has 3 rings (SSSR count). The zero-order valence-corrected chi connectivity index (χ0v) is 17.5. The zero-order chi connectivity index (χ0) is 20.8. The molecule has 1 aliphatic rings. The molecule has 0 bridgehead atoms. The fraction of sp³-hybridized carbons (Fsp3) is 0.417. The number of nitrogens with one attached hydrogen (secondary N) is 1. The van der Waals surface area contributed by atoms with Gasteiger partial charge in [0.25, 0.3) is 11.8 Å². The monoisotopic (exact) mass is 394 g/mol. The van der Waals surface area contributed by atoms with E-state index in [1.807, 2.05) is 62.1 Å². The van der Waals surface area contributed by atoms with E-state index in [0.717, 1.165) is 36.3 Å². The van der Waals surface area contributed by atoms with Gasteiger partial charge in [-0.05, 0) is 70.0 Å².